The third-order valence-electron chi connectivity index (χ3n) is 5.10. The minimum absolute atomic E-state index is 0. The average Bonchev–Trinajstić information content (AvgIpc) is 2.93. The Balaban J connectivity index is 0.00000243. The van der Waals surface area contributed by atoms with Gasteiger partial charge in [0, 0.05) is 31.2 Å². The van der Waals surface area contributed by atoms with Gasteiger partial charge in [0.2, 0.25) is 0 Å². The average molecular weight is 493 g/mol. The Bertz CT molecular complexity index is 555. The highest BCUT2D eigenvalue weighted by atomic mass is 127. The Morgan fingerprint density at radius 1 is 1.04 bits per heavy atom. The molecule has 1 aromatic carbocycles. The summed E-state index contributed by atoms with van der Waals surface area (Å²) in [7, 11) is 0. The van der Waals surface area contributed by atoms with Crippen LogP contribution < -0.4 is 5.73 Å². The molecule has 2 aliphatic rings. The SMILES string of the molecule is I.NC(=NCC(c1ccc(Cl)cc1)N1CCOCC1)N1CCCCCC1. The van der Waals surface area contributed by atoms with Crippen LogP contribution in [0, 0.1) is 0 Å². The quantitative estimate of drug-likeness (QED) is 0.397. The Labute approximate surface area is 178 Å². The van der Waals surface area contributed by atoms with Gasteiger partial charge in [0.15, 0.2) is 5.96 Å². The first-order valence-corrected chi connectivity index (χ1v) is 9.74. The van der Waals surface area contributed by atoms with Crippen molar-refractivity contribution in [3.05, 3.63) is 34.9 Å². The van der Waals surface area contributed by atoms with Crippen molar-refractivity contribution in [2.75, 3.05) is 45.9 Å². The second-order valence-corrected chi connectivity index (χ2v) is 7.25. The second-order valence-electron chi connectivity index (χ2n) is 6.82. The zero-order valence-electron chi connectivity index (χ0n) is 15.3. The highest BCUT2D eigenvalue weighted by Gasteiger charge is 2.23. The Morgan fingerprint density at radius 2 is 1.65 bits per heavy atom. The molecular formula is C19H30ClIN4O. The predicted molar refractivity (Wildman–Crippen MR) is 119 cm³/mol. The molecule has 2 N–H and O–H groups in total. The molecular weight excluding hydrogens is 463 g/mol. The summed E-state index contributed by atoms with van der Waals surface area (Å²) in [5.74, 6) is 0.689. The van der Waals surface area contributed by atoms with Crippen molar-refractivity contribution in [3.63, 3.8) is 0 Å². The fourth-order valence-corrected chi connectivity index (χ4v) is 3.71. The van der Waals surface area contributed by atoms with E-state index in [1.807, 2.05) is 12.1 Å². The lowest BCUT2D eigenvalue weighted by Gasteiger charge is -2.34. The van der Waals surface area contributed by atoms with Gasteiger partial charge in [0.25, 0.3) is 0 Å². The van der Waals surface area contributed by atoms with E-state index in [1.54, 1.807) is 0 Å². The van der Waals surface area contributed by atoms with E-state index in [2.05, 4.69) is 21.9 Å². The van der Waals surface area contributed by atoms with E-state index in [-0.39, 0.29) is 30.0 Å². The normalized spacial score (nSPS) is 21.0. The van der Waals surface area contributed by atoms with Crippen molar-refractivity contribution in [2.24, 2.45) is 10.7 Å². The molecule has 0 aromatic heterocycles. The van der Waals surface area contributed by atoms with E-state index in [4.69, 9.17) is 27.1 Å². The number of hydrogen-bond acceptors (Lipinski definition) is 3. The molecule has 146 valence electrons. The standard InChI is InChI=1S/C19H29ClN4O.HI/c20-17-7-5-16(6-8-17)18(23-11-13-25-14-12-23)15-22-19(21)24-9-3-1-2-4-10-24;/h5-8,18H,1-4,9-15H2,(H2,21,22);1H. The Hall–Kier alpha value is -0.570. The van der Waals surface area contributed by atoms with Crippen LogP contribution in [0.2, 0.25) is 5.02 Å². The zero-order chi connectivity index (χ0) is 17.5. The first kappa shape index (κ1) is 21.7. The summed E-state index contributed by atoms with van der Waals surface area (Å²) in [6, 6.07) is 8.31. The van der Waals surface area contributed by atoms with Crippen LogP contribution in [0.1, 0.15) is 37.3 Å². The van der Waals surface area contributed by atoms with Gasteiger partial charge < -0.3 is 15.4 Å². The molecule has 3 rings (SSSR count). The monoisotopic (exact) mass is 492 g/mol. The van der Waals surface area contributed by atoms with Gasteiger partial charge in [-0.1, -0.05) is 36.6 Å². The molecule has 0 aliphatic carbocycles. The minimum Gasteiger partial charge on any atom is -0.379 e. The first-order chi connectivity index (χ1) is 12.2. The molecule has 0 radical (unpaired) electrons. The number of benzene rings is 1. The maximum Gasteiger partial charge on any atom is 0.191 e. The zero-order valence-corrected chi connectivity index (χ0v) is 18.4. The molecule has 5 nitrogen and oxygen atoms in total. The summed E-state index contributed by atoms with van der Waals surface area (Å²) >= 11 is 6.06. The van der Waals surface area contributed by atoms with Gasteiger partial charge >= 0.3 is 0 Å². The molecule has 1 unspecified atom stereocenters. The van der Waals surface area contributed by atoms with E-state index in [9.17, 15) is 0 Å². The summed E-state index contributed by atoms with van der Waals surface area (Å²) in [5.41, 5.74) is 7.54. The highest BCUT2D eigenvalue weighted by molar-refractivity contribution is 14.0. The van der Waals surface area contributed by atoms with Crippen LogP contribution in [-0.4, -0.2) is 61.7 Å². The van der Waals surface area contributed by atoms with Gasteiger partial charge in [-0.25, -0.2) is 0 Å². The van der Waals surface area contributed by atoms with Crippen LogP contribution in [0.15, 0.2) is 29.3 Å². The Morgan fingerprint density at radius 3 is 2.27 bits per heavy atom. The van der Waals surface area contributed by atoms with Gasteiger partial charge in [-0.15, -0.1) is 24.0 Å². The molecule has 0 saturated carbocycles. The number of hydrogen-bond donors (Lipinski definition) is 1. The molecule has 0 spiro atoms. The van der Waals surface area contributed by atoms with Gasteiger partial charge in [-0.05, 0) is 30.5 Å². The number of likely N-dealkylation sites (tertiary alicyclic amines) is 1. The molecule has 2 aliphatic heterocycles. The van der Waals surface area contributed by atoms with Gasteiger partial charge in [-0.3, -0.25) is 9.89 Å². The number of nitrogens with zero attached hydrogens (tertiary/aromatic N) is 3. The van der Waals surface area contributed by atoms with Gasteiger partial charge in [-0.2, -0.15) is 0 Å². The van der Waals surface area contributed by atoms with Crippen molar-refractivity contribution < 1.29 is 4.74 Å². The van der Waals surface area contributed by atoms with Crippen molar-refractivity contribution in [1.29, 1.82) is 0 Å². The van der Waals surface area contributed by atoms with Crippen molar-refractivity contribution >= 4 is 41.5 Å². The largest absolute Gasteiger partial charge is 0.379 e. The molecule has 26 heavy (non-hydrogen) atoms. The molecule has 1 atom stereocenters. The van der Waals surface area contributed by atoms with Crippen LogP contribution in [0.25, 0.3) is 0 Å². The molecule has 1 aromatic rings. The molecule has 2 fully saturated rings. The molecule has 2 saturated heterocycles. The lowest BCUT2D eigenvalue weighted by molar-refractivity contribution is 0.0179. The van der Waals surface area contributed by atoms with E-state index in [0.717, 1.165) is 44.4 Å². The lowest BCUT2D eigenvalue weighted by Crippen LogP contribution is -2.42. The smallest absolute Gasteiger partial charge is 0.191 e. The number of halogens is 2. The molecule has 7 heteroatoms. The third-order valence-corrected chi connectivity index (χ3v) is 5.35. The second kappa shape index (κ2) is 11.3. The van der Waals surface area contributed by atoms with Crippen molar-refractivity contribution in [1.82, 2.24) is 9.80 Å². The van der Waals surface area contributed by atoms with E-state index >= 15 is 0 Å². The van der Waals surface area contributed by atoms with E-state index < -0.39 is 0 Å². The summed E-state index contributed by atoms with van der Waals surface area (Å²) in [5, 5.41) is 0.761. The van der Waals surface area contributed by atoms with Crippen LogP contribution in [-0.2, 0) is 4.74 Å². The predicted octanol–water partition coefficient (Wildman–Crippen LogP) is 3.52. The van der Waals surface area contributed by atoms with Crippen LogP contribution in [0.5, 0.6) is 0 Å². The van der Waals surface area contributed by atoms with Crippen molar-refractivity contribution in [2.45, 2.75) is 31.7 Å². The highest BCUT2D eigenvalue weighted by Crippen LogP contribution is 2.24. The van der Waals surface area contributed by atoms with E-state index in [1.165, 1.54) is 31.2 Å². The van der Waals surface area contributed by atoms with Crippen LogP contribution >= 0.6 is 35.6 Å². The fraction of sp³-hybridized carbons (Fsp3) is 0.632. The van der Waals surface area contributed by atoms with Crippen molar-refractivity contribution in [3.8, 4) is 0 Å². The summed E-state index contributed by atoms with van der Waals surface area (Å²) in [6.07, 6.45) is 5.01. The summed E-state index contributed by atoms with van der Waals surface area (Å²) in [4.78, 5) is 9.45. The van der Waals surface area contributed by atoms with Gasteiger partial charge in [0.05, 0.1) is 25.8 Å². The minimum atomic E-state index is 0. The number of rotatable bonds is 4. The topological polar surface area (TPSA) is 54.1 Å². The number of morpholine rings is 1. The lowest BCUT2D eigenvalue weighted by atomic mass is 10.0. The van der Waals surface area contributed by atoms with Gasteiger partial charge in [0.1, 0.15) is 0 Å². The summed E-state index contributed by atoms with van der Waals surface area (Å²) in [6.45, 7) is 6.12. The Kier molecular flexibility index (Phi) is 9.45. The fourth-order valence-electron chi connectivity index (χ4n) is 3.59. The number of guanidine groups is 1. The molecule has 2 heterocycles. The van der Waals surface area contributed by atoms with E-state index in [0.29, 0.717) is 12.5 Å². The first-order valence-electron chi connectivity index (χ1n) is 9.36. The van der Waals surface area contributed by atoms with Crippen LogP contribution in [0.3, 0.4) is 0 Å². The van der Waals surface area contributed by atoms with Crippen LogP contribution in [0.4, 0.5) is 0 Å². The number of ether oxygens (including phenoxy) is 1. The third kappa shape index (κ3) is 6.25. The maximum absolute atomic E-state index is 6.31. The molecule has 0 amide bonds. The molecule has 0 bridgehead atoms. The number of aliphatic imine (C=N–C) groups is 1. The number of nitrogens with two attached hydrogens (primary N) is 1. The maximum atomic E-state index is 6.31. The summed E-state index contributed by atoms with van der Waals surface area (Å²) < 4.78 is 5.51.